The van der Waals surface area contributed by atoms with Crippen molar-refractivity contribution in [3.63, 3.8) is 0 Å². The summed E-state index contributed by atoms with van der Waals surface area (Å²) in [4.78, 5) is 25.2. The summed E-state index contributed by atoms with van der Waals surface area (Å²) >= 11 is 0. The van der Waals surface area contributed by atoms with E-state index in [1.54, 1.807) is 0 Å². The number of hydrogen-bond donors (Lipinski definition) is 1. The Morgan fingerprint density at radius 1 is 1.23 bits per heavy atom. The molecule has 0 amide bonds. The number of aryl methyl sites for hydroxylation is 1. The molecule has 0 saturated carbocycles. The van der Waals surface area contributed by atoms with E-state index in [0.717, 1.165) is 35.6 Å². The maximum Gasteiger partial charge on any atom is 0.276 e. The molecule has 6 nitrogen and oxygen atoms in total. The molecule has 0 aliphatic carbocycles. The monoisotopic (exact) mass is 405 g/mol. The normalized spacial score (nSPS) is 15.5. The van der Waals surface area contributed by atoms with Crippen molar-refractivity contribution in [1.82, 2.24) is 14.6 Å². The standard InChI is InChI=1S/C24H31N5O/c1-6-19-21(15(2)3)26-23-22(17(5)27-29(23)24(19)30)25-20-11-10-18(14-16(20)4)28-12-8-7-9-13-28/h10-11,14-15,27H,5-9,12-13H2,1-4H3. The summed E-state index contributed by atoms with van der Waals surface area (Å²) in [5.74, 6) is 0.166. The van der Waals surface area contributed by atoms with E-state index in [1.165, 1.54) is 29.5 Å². The van der Waals surface area contributed by atoms with Crippen LogP contribution in [-0.2, 0) is 6.42 Å². The minimum absolute atomic E-state index is 0.0604. The molecule has 1 aromatic carbocycles. The van der Waals surface area contributed by atoms with Gasteiger partial charge in [-0.2, -0.15) is 4.52 Å². The van der Waals surface area contributed by atoms with Gasteiger partial charge >= 0.3 is 0 Å². The molecule has 0 bridgehead atoms. The maximum absolute atomic E-state index is 13.0. The molecule has 6 heteroatoms. The summed E-state index contributed by atoms with van der Waals surface area (Å²) in [6.07, 6.45) is 4.48. The van der Waals surface area contributed by atoms with Crippen LogP contribution in [0.25, 0.3) is 12.2 Å². The van der Waals surface area contributed by atoms with E-state index in [0.29, 0.717) is 22.8 Å². The third-order valence-electron chi connectivity index (χ3n) is 5.99. The van der Waals surface area contributed by atoms with Gasteiger partial charge in [0.25, 0.3) is 5.56 Å². The molecule has 2 aromatic heterocycles. The van der Waals surface area contributed by atoms with Gasteiger partial charge in [-0.3, -0.25) is 9.89 Å². The number of H-pyrrole nitrogens is 1. The second kappa shape index (κ2) is 8.09. The predicted octanol–water partition coefficient (Wildman–Crippen LogP) is 3.37. The Morgan fingerprint density at radius 3 is 2.60 bits per heavy atom. The Morgan fingerprint density at radius 2 is 1.97 bits per heavy atom. The minimum Gasteiger partial charge on any atom is -0.372 e. The second-order valence-electron chi connectivity index (χ2n) is 8.52. The number of piperidine rings is 1. The molecule has 1 N–H and O–H groups in total. The van der Waals surface area contributed by atoms with Gasteiger partial charge < -0.3 is 4.90 Å². The predicted molar refractivity (Wildman–Crippen MR) is 122 cm³/mol. The molecule has 0 spiro atoms. The number of nitrogens with zero attached hydrogens (tertiary/aromatic N) is 4. The molecule has 30 heavy (non-hydrogen) atoms. The molecule has 3 aromatic rings. The lowest BCUT2D eigenvalue weighted by atomic mass is 10.0. The van der Waals surface area contributed by atoms with Crippen LogP contribution in [0.4, 0.5) is 11.4 Å². The highest BCUT2D eigenvalue weighted by Crippen LogP contribution is 2.26. The van der Waals surface area contributed by atoms with E-state index in [1.807, 2.05) is 6.92 Å². The average molecular weight is 406 g/mol. The molecule has 0 unspecified atom stereocenters. The van der Waals surface area contributed by atoms with Crippen molar-refractivity contribution in [3.05, 3.63) is 56.1 Å². The summed E-state index contributed by atoms with van der Waals surface area (Å²) in [6.45, 7) is 14.5. The summed E-state index contributed by atoms with van der Waals surface area (Å²) in [6, 6.07) is 6.41. The molecule has 4 rings (SSSR count). The number of aromatic nitrogens is 3. The molecular formula is C24H31N5O. The van der Waals surface area contributed by atoms with Crippen LogP contribution in [0, 0.1) is 6.92 Å². The number of aromatic amines is 1. The minimum atomic E-state index is -0.0604. The third-order valence-corrected chi connectivity index (χ3v) is 5.99. The van der Waals surface area contributed by atoms with Crippen LogP contribution >= 0.6 is 0 Å². The van der Waals surface area contributed by atoms with E-state index in [2.05, 4.69) is 55.5 Å². The first-order valence-electron chi connectivity index (χ1n) is 11.0. The zero-order chi connectivity index (χ0) is 21.4. The van der Waals surface area contributed by atoms with Crippen LogP contribution < -0.4 is 21.2 Å². The number of hydrogen-bond acceptors (Lipinski definition) is 4. The van der Waals surface area contributed by atoms with E-state index >= 15 is 0 Å². The zero-order valence-electron chi connectivity index (χ0n) is 18.5. The lowest BCUT2D eigenvalue weighted by Gasteiger charge is -2.29. The number of nitrogens with one attached hydrogen (secondary N) is 1. The Labute approximate surface area is 177 Å². The summed E-state index contributed by atoms with van der Waals surface area (Å²) in [5.41, 5.74) is 5.31. The fourth-order valence-corrected chi connectivity index (χ4v) is 4.32. The van der Waals surface area contributed by atoms with Crippen LogP contribution in [0.5, 0.6) is 0 Å². The molecule has 0 atom stereocenters. The zero-order valence-corrected chi connectivity index (χ0v) is 18.5. The van der Waals surface area contributed by atoms with Gasteiger partial charge in [0.05, 0.1) is 16.7 Å². The highest BCUT2D eigenvalue weighted by molar-refractivity contribution is 5.58. The highest BCUT2D eigenvalue weighted by atomic mass is 16.1. The first-order valence-corrected chi connectivity index (χ1v) is 11.0. The lowest BCUT2D eigenvalue weighted by Crippen LogP contribution is -2.29. The van der Waals surface area contributed by atoms with Crippen molar-refractivity contribution in [2.75, 3.05) is 18.0 Å². The smallest absolute Gasteiger partial charge is 0.276 e. The Bertz CT molecular complexity index is 1250. The van der Waals surface area contributed by atoms with Crippen molar-refractivity contribution in [3.8, 4) is 0 Å². The second-order valence-corrected chi connectivity index (χ2v) is 8.52. The molecule has 1 fully saturated rings. The SMILES string of the molecule is C=c1[nH]n2c(=O)c(CC)c(C(C)C)nc2c1=Nc1ccc(N2CCCCC2)cc1C. The van der Waals surface area contributed by atoms with Gasteiger partial charge in [-0.1, -0.05) is 27.4 Å². The first-order chi connectivity index (χ1) is 14.4. The molecule has 0 radical (unpaired) electrons. The Hall–Kier alpha value is -2.89. The van der Waals surface area contributed by atoms with Crippen LogP contribution in [0.1, 0.15) is 62.8 Å². The molecule has 3 heterocycles. The number of rotatable bonds is 4. The van der Waals surface area contributed by atoms with Crippen molar-refractivity contribution in [1.29, 1.82) is 0 Å². The fraction of sp³-hybridized carbons (Fsp3) is 0.458. The highest BCUT2D eigenvalue weighted by Gasteiger charge is 2.17. The van der Waals surface area contributed by atoms with Crippen LogP contribution in [-0.4, -0.2) is 27.7 Å². The first kappa shape index (κ1) is 20.4. The van der Waals surface area contributed by atoms with Gasteiger partial charge in [-0.25, -0.2) is 9.98 Å². The molecule has 1 aliphatic rings. The van der Waals surface area contributed by atoms with Crippen molar-refractivity contribution < 1.29 is 0 Å². The van der Waals surface area contributed by atoms with E-state index in [-0.39, 0.29) is 11.5 Å². The largest absolute Gasteiger partial charge is 0.372 e. The molecular weight excluding hydrogens is 374 g/mol. The van der Waals surface area contributed by atoms with E-state index in [9.17, 15) is 4.79 Å². The van der Waals surface area contributed by atoms with Gasteiger partial charge in [0.15, 0.2) is 5.65 Å². The maximum atomic E-state index is 13.0. The Kier molecular flexibility index (Phi) is 5.50. The van der Waals surface area contributed by atoms with Gasteiger partial charge in [0.1, 0.15) is 5.36 Å². The topological polar surface area (TPSA) is 65.8 Å². The lowest BCUT2D eigenvalue weighted by molar-refractivity contribution is 0.578. The molecule has 158 valence electrons. The summed E-state index contributed by atoms with van der Waals surface area (Å²) in [7, 11) is 0. The van der Waals surface area contributed by atoms with E-state index in [4.69, 9.17) is 9.98 Å². The van der Waals surface area contributed by atoms with Crippen molar-refractivity contribution in [2.24, 2.45) is 4.99 Å². The molecule has 1 aliphatic heterocycles. The van der Waals surface area contributed by atoms with Gasteiger partial charge in [-0.15, -0.1) is 0 Å². The number of fused-ring (bicyclic) bond motifs is 1. The van der Waals surface area contributed by atoms with Crippen LogP contribution in [0.2, 0.25) is 0 Å². The van der Waals surface area contributed by atoms with Gasteiger partial charge in [0, 0.05) is 24.3 Å². The van der Waals surface area contributed by atoms with Crippen LogP contribution in [0.3, 0.4) is 0 Å². The summed E-state index contributed by atoms with van der Waals surface area (Å²) in [5, 5.41) is 4.30. The Balaban J connectivity index is 1.86. The molecule has 1 saturated heterocycles. The van der Waals surface area contributed by atoms with Gasteiger partial charge in [-0.05, 0) is 62.3 Å². The van der Waals surface area contributed by atoms with Gasteiger partial charge in [0.2, 0.25) is 0 Å². The van der Waals surface area contributed by atoms with E-state index < -0.39 is 0 Å². The fourth-order valence-electron chi connectivity index (χ4n) is 4.32. The third kappa shape index (κ3) is 3.55. The van der Waals surface area contributed by atoms with Crippen molar-refractivity contribution in [2.45, 2.75) is 59.3 Å². The average Bonchev–Trinajstić information content (AvgIpc) is 3.05. The van der Waals surface area contributed by atoms with Crippen molar-refractivity contribution >= 4 is 23.6 Å². The number of anilines is 1. The summed E-state index contributed by atoms with van der Waals surface area (Å²) < 4.78 is 1.49. The van der Waals surface area contributed by atoms with Crippen LogP contribution in [0.15, 0.2) is 28.0 Å². The number of benzene rings is 1. The quantitative estimate of drug-likeness (QED) is 0.724.